The van der Waals surface area contributed by atoms with Crippen molar-refractivity contribution in [3.8, 4) is 11.5 Å². The fourth-order valence-corrected chi connectivity index (χ4v) is 6.34. The number of nitrogens with zero attached hydrogens (tertiary/aromatic N) is 2. The number of fused-ring (bicyclic) bond motifs is 1. The van der Waals surface area contributed by atoms with Gasteiger partial charge in [0.15, 0.2) is 22.1 Å². The van der Waals surface area contributed by atoms with Gasteiger partial charge >= 0.3 is 0 Å². The van der Waals surface area contributed by atoms with Gasteiger partial charge in [-0.2, -0.15) is 0 Å². The van der Waals surface area contributed by atoms with Crippen LogP contribution < -0.4 is 9.47 Å². The number of hydrogen-bond donors (Lipinski definition) is 0. The maximum absolute atomic E-state index is 13.4. The molecule has 0 aliphatic carbocycles. The van der Waals surface area contributed by atoms with E-state index in [0.29, 0.717) is 37.6 Å². The minimum absolute atomic E-state index is 0.116. The van der Waals surface area contributed by atoms with Crippen molar-refractivity contribution in [2.45, 2.75) is 35.8 Å². The molecule has 9 heteroatoms. The molecule has 2 aliphatic heterocycles. The normalized spacial score (nSPS) is 20.7. The highest BCUT2D eigenvalue weighted by atomic mass is 32.2. The zero-order chi connectivity index (χ0) is 22.8. The molecule has 0 N–H and O–H groups in total. The number of aromatic nitrogens is 1. The van der Waals surface area contributed by atoms with Crippen LogP contribution >= 0.6 is 23.1 Å². The number of methoxy groups -OCH3 is 1. The second-order valence-corrected chi connectivity index (χ2v) is 10.5. The van der Waals surface area contributed by atoms with Gasteiger partial charge in [0.05, 0.1) is 23.9 Å². The highest BCUT2D eigenvalue weighted by molar-refractivity contribution is 8.01. The lowest BCUT2D eigenvalue weighted by Gasteiger charge is -2.19. The third-order valence-electron chi connectivity index (χ3n) is 5.94. The van der Waals surface area contributed by atoms with E-state index in [2.05, 4.69) is 4.98 Å². The van der Waals surface area contributed by atoms with Gasteiger partial charge < -0.3 is 19.1 Å². The van der Waals surface area contributed by atoms with Gasteiger partial charge in [0.2, 0.25) is 5.91 Å². The largest absolute Gasteiger partial charge is 0.493 e. The minimum atomic E-state index is -0.251. The summed E-state index contributed by atoms with van der Waals surface area (Å²) in [5, 5.41) is 0. The van der Waals surface area contributed by atoms with Crippen LogP contribution in [-0.4, -0.2) is 54.6 Å². The molecule has 2 aliphatic rings. The molecule has 2 atom stereocenters. The van der Waals surface area contributed by atoms with E-state index in [1.807, 2.05) is 23.1 Å². The number of thiazole rings is 1. The number of carbonyl (C=O) groups is 1. The Hall–Kier alpha value is -2.36. The molecule has 0 saturated carbocycles. The smallest absolute Gasteiger partial charge is 0.223 e. The van der Waals surface area contributed by atoms with E-state index in [9.17, 15) is 9.18 Å². The number of thioether (sulfide) groups is 1. The van der Waals surface area contributed by atoms with Crippen molar-refractivity contribution < 1.29 is 23.4 Å². The second kappa shape index (κ2) is 9.87. The van der Waals surface area contributed by atoms with Gasteiger partial charge in [-0.3, -0.25) is 4.79 Å². The summed E-state index contributed by atoms with van der Waals surface area (Å²) in [4.78, 5) is 19.1. The van der Waals surface area contributed by atoms with E-state index in [-0.39, 0.29) is 23.9 Å². The van der Waals surface area contributed by atoms with Crippen LogP contribution in [0.2, 0.25) is 0 Å². The van der Waals surface area contributed by atoms with Gasteiger partial charge in [0.25, 0.3) is 0 Å². The van der Waals surface area contributed by atoms with E-state index in [1.165, 1.54) is 23.5 Å². The number of amides is 1. The van der Waals surface area contributed by atoms with Crippen molar-refractivity contribution in [2.24, 2.45) is 0 Å². The fourth-order valence-electron chi connectivity index (χ4n) is 4.22. The maximum atomic E-state index is 13.4. The standard InChI is InChI=1S/C24H25FN2O4S2/c1-29-19-7-4-15(11-20(19)31-23-3-2-9-30-23)16-12-22(28)27(14-16)8-10-32-24-26-18-6-5-17(25)13-21(18)33-24/h4-7,11,13,16,23H,2-3,8-10,12,14H2,1H3/t16-,23?/m1/s1. The Labute approximate surface area is 200 Å². The molecule has 1 unspecified atom stereocenters. The highest BCUT2D eigenvalue weighted by Crippen LogP contribution is 2.37. The summed E-state index contributed by atoms with van der Waals surface area (Å²) in [5.74, 6) is 2.10. The molecular formula is C24H25FN2O4S2. The Morgan fingerprint density at radius 1 is 1.27 bits per heavy atom. The summed E-state index contributed by atoms with van der Waals surface area (Å²) in [6.07, 6.45) is 2.10. The topological polar surface area (TPSA) is 60.9 Å². The summed E-state index contributed by atoms with van der Waals surface area (Å²) >= 11 is 3.09. The van der Waals surface area contributed by atoms with Crippen LogP contribution in [0.1, 0.15) is 30.7 Å². The van der Waals surface area contributed by atoms with Gasteiger partial charge in [-0.15, -0.1) is 11.3 Å². The molecule has 0 radical (unpaired) electrons. The highest BCUT2D eigenvalue weighted by Gasteiger charge is 2.31. The van der Waals surface area contributed by atoms with Gasteiger partial charge in [-0.25, -0.2) is 9.37 Å². The molecule has 3 aromatic rings. The molecule has 5 rings (SSSR count). The Morgan fingerprint density at radius 3 is 3.00 bits per heavy atom. The van der Waals surface area contributed by atoms with Crippen molar-refractivity contribution in [3.63, 3.8) is 0 Å². The van der Waals surface area contributed by atoms with Gasteiger partial charge in [0, 0.05) is 37.6 Å². The minimum Gasteiger partial charge on any atom is -0.493 e. The van der Waals surface area contributed by atoms with E-state index in [0.717, 1.165) is 38.7 Å². The molecule has 174 valence electrons. The molecule has 2 aromatic carbocycles. The predicted octanol–water partition coefficient (Wildman–Crippen LogP) is 5.07. The Balaban J connectivity index is 1.20. The van der Waals surface area contributed by atoms with E-state index in [4.69, 9.17) is 14.2 Å². The number of carbonyl (C=O) groups excluding carboxylic acids is 1. The number of likely N-dealkylation sites (tertiary alicyclic amines) is 1. The Kier molecular flexibility index (Phi) is 6.71. The number of rotatable bonds is 8. The van der Waals surface area contributed by atoms with E-state index < -0.39 is 0 Å². The lowest BCUT2D eigenvalue weighted by molar-refractivity contribution is -0.127. The summed E-state index contributed by atoms with van der Waals surface area (Å²) in [7, 11) is 1.62. The fraction of sp³-hybridized carbons (Fsp3) is 0.417. The predicted molar refractivity (Wildman–Crippen MR) is 127 cm³/mol. The quantitative estimate of drug-likeness (QED) is 0.413. The number of benzene rings is 2. The molecule has 1 amide bonds. The van der Waals surface area contributed by atoms with Crippen molar-refractivity contribution >= 4 is 39.2 Å². The van der Waals surface area contributed by atoms with Crippen LogP contribution in [-0.2, 0) is 9.53 Å². The summed E-state index contributed by atoms with van der Waals surface area (Å²) in [5.41, 5.74) is 1.88. The van der Waals surface area contributed by atoms with Crippen molar-refractivity contribution in [1.29, 1.82) is 0 Å². The Morgan fingerprint density at radius 2 is 2.18 bits per heavy atom. The van der Waals surface area contributed by atoms with E-state index in [1.54, 1.807) is 24.9 Å². The van der Waals surface area contributed by atoms with Crippen LogP contribution in [0.25, 0.3) is 10.2 Å². The van der Waals surface area contributed by atoms with Gasteiger partial charge in [-0.05, 0) is 42.3 Å². The first-order valence-corrected chi connectivity index (χ1v) is 12.8. The number of halogens is 1. The first-order valence-electron chi connectivity index (χ1n) is 11.0. The third kappa shape index (κ3) is 5.10. The first kappa shape index (κ1) is 22.4. The lowest BCUT2D eigenvalue weighted by Crippen LogP contribution is -2.27. The summed E-state index contributed by atoms with van der Waals surface area (Å²) in [6, 6.07) is 10.5. The zero-order valence-electron chi connectivity index (χ0n) is 18.3. The van der Waals surface area contributed by atoms with Crippen LogP contribution in [0.3, 0.4) is 0 Å². The van der Waals surface area contributed by atoms with Crippen molar-refractivity contribution in [1.82, 2.24) is 9.88 Å². The molecule has 0 bridgehead atoms. The van der Waals surface area contributed by atoms with Gasteiger partial charge in [-0.1, -0.05) is 17.8 Å². The van der Waals surface area contributed by atoms with Crippen LogP contribution in [0.4, 0.5) is 4.39 Å². The average molecular weight is 489 g/mol. The monoisotopic (exact) mass is 488 g/mol. The SMILES string of the molecule is COc1ccc([C@@H]2CC(=O)N(CCSc3nc4ccc(F)cc4s3)C2)cc1OC1CCCO1. The van der Waals surface area contributed by atoms with Crippen LogP contribution in [0.15, 0.2) is 40.7 Å². The zero-order valence-corrected chi connectivity index (χ0v) is 19.9. The molecule has 2 fully saturated rings. The molecule has 1 aromatic heterocycles. The van der Waals surface area contributed by atoms with E-state index >= 15 is 0 Å². The maximum Gasteiger partial charge on any atom is 0.223 e. The van der Waals surface area contributed by atoms with Crippen molar-refractivity contribution in [2.75, 3.05) is 32.6 Å². The average Bonchev–Trinajstić information content (AvgIpc) is 3.54. The number of ether oxygens (including phenoxy) is 3. The molecule has 3 heterocycles. The molecular weight excluding hydrogens is 463 g/mol. The molecule has 33 heavy (non-hydrogen) atoms. The van der Waals surface area contributed by atoms with Crippen LogP contribution in [0, 0.1) is 5.82 Å². The summed E-state index contributed by atoms with van der Waals surface area (Å²) in [6.45, 7) is 2.04. The first-order chi connectivity index (χ1) is 16.1. The molecule has 2 saturated heterocycles. The van der Waals surface area contributed by atoms with Gasteiger partial charge in [0.1, 0.15) is 5.82 Å². The second-order valence-electron chi connectivity index (χ2n) is 8.15. The summed E-state index contributed by atoms with van der Waals surface area (Å²) < 4.78 is 32.2. The molecule has 0 spiro atoms. The third-order valence-corrected chi connectivity index (χ3v) is 8.08. The van der Waals surface area contributed by atoms with Crippen molar-refractivity contribution in [3.05, 3.63) is 47.8 Å². The lowest BCUT2D eigenvalue weighted by atomic mass is 9.98. The number of hydrogen-bond acceptors (Lipinski definition) is 7. The molecule has 6 nitrogen and oxygen atoms in total. The van der Waals surface area contributed by atoms with Crippen LogP contribution in [0.5, 0.6) is 11.5 Å². The Bertz CT molecular complexity index is 1150.